The fraction of sp³-hybridized carbons (Fsp3) is 0.556. The monoisotopic (exact) mass is 326 g/mol. The van der Waals surface area contributed by atoms with E-state index in [2.05, 4.69) is 24.0 Å². The van der Waals surface area contributed by atoms with Crippen LogP contribution in [0.3, 0.4) is 0 Å². The Balaban J connectivity index is 1.57. The van der Waals surface area contributed by atoms with Gasteiger partial charge in [-0.05, 0) is 31.7 Å². The number of aromatic nitrogens is 3. The zero-order valence-corrected chi connectivity index (χ0v) is 14.5. The molecule has 0 N–H and O–H groups in total. The van der Waals surface area contributed by atoms with E-state index in [0.29, 0.717) is 34.8 Å². The van der Waals surface area contributed by atoms with Gasteiger partial charge < -0.3 is 9.42 Å². The van der Waals surface area contributed by atoms with Crippen LogP contribution in [-0.4, -0.2) is 39.0 Å². The van der Waals surface area contributed by atoms with Gasteiger partial charge in [-0.3, -0.25) is 4.79 Å². The smallest absolute Gasteiger partial charge is 0.259 e. The molecule has 6 heteroatoms. The number of aryl methyl sites for hydroxylation is 2. The van der Waals surface area contributed by atoms with E-state index in [1.807, 2.05) is 18.0 Å². The van der Waals surface area contributed by atoms with Crippen LogP contribution in [0, 0.1) is 19.8 Å². The summed E-state index contributed by atoms with van der Waals surface area (Å²) < 4.78 is 5.14. The highest BCUT2D eigenvalue weighted by atomic mass is 16.5. The Bertz CT molecular complexity index is 792. The minimum absolute atomic E-state index is 0.0296. The van der Waals surface area contributed by atoms with Gasteiger partial charge >= 0.3 is 0 Å². The molecule has 2 aromatic rings. The van der Waals surface area contributed by atoms with Gasteiger partial charge in [-0.1, -0.05) is 19.0 Å². The highest BCUT2D eigenvalue weighted by molar-refractivity contribution is 5.96. The molecule has 1 saturated heterocycles. The SMILES string of the molecule is Cc1noc(C)c1C(=O)N1C[C@H]2Cc3nc(C(C)C)ncc3[C@H]2C1. The molecular weight excluding hydrogens is 304 g/mol. The van der Waals surface area contributed by atoms with Gasteiger partial charge in [0.1, 0.15) is 17.1 Å². The first-order valence-corrected chi connectivity index (χ1v) is 8.53. The number of hydrogen-bond donors (Lipinski definition) is 0. The zero-order chi connectivity index (χ0) is 17.0. The number of hydrogen-bond acceptors (Lipinski definition) is 5. The van der Waals surface area contributed by atoms with Gasteiger partial charge in [-0.15, -0.1) is 0 Å². The quantitative estimate of drug-likeness (QED) is 0.848. The summed E-state index contributed by atoms with van der Waals surface area (Å²) in [5, 5.41) is 3.90. The molecule has 6 nitrogen and oxygen atoms in total. The summed E-state index contributed by atoms with van der Waals surface area (Å²) in [5.74, 6) is 2.68. The van der Waals surface area contributed by atoms with Crippen molar-refractivity contribution in [3.05, 3.63) is 40.3 Å². The van der Waals surface area contributed by atoms with Crippen LogP contribution in [0.25, 0.3) is 0 Å². The molecule has 1 amide bonds. The lowest BCUT2D eigenvalue weighted by Crippen LogP contribution is -2.30. The topological polar surface area (TPSA) is 72.1 Å². The van der Waals surface area contributed by atoms with Gasteiger partial charge in [0.15, 0.2) is 0 Å². The predicted octanol–water partition coefficient (Wildman–Crippen LogP) is 2.62. The van der Waals surface area contributed by atoms with E-state index in [1.165, 1.54) is 11.3 Å². The molecule has 0 spiro atoms. The maximum absolute atomic E-state index is 12.8. The standard InChI is InChI=1S/C18H22N4O2/c1-9(2)17-19-6-13-14-8-22(7-12(14)5-15(13)20-17)18(23)16-10(3)21-24-11(16)4/h6,9,12,14H,5,7-8H2,1-4H3/t12-,14+/m1/s1. The van der Waals surface area contributed by atoms with Crippen LogP contribution in [0.15, 0.2) is 10.7 Å². The zero-order valence-electron chi connectivity index (χ0n) is 14.5. The second-order valence-corrected chi connectivity index (χ2v) is 7.26. The Morgan fingerprint density at radius 2 is 2.12 bits per heavy atom. The number of nitrogens with zero attached hydrogens (tertiary/aromatic N) is 4. The van der Waals surface area contributed by atoms with Crippen LogP contribution in [0.5, 0.6) is 0 Å². The van der Waals surface area contributed by atoms with E-state index in [0.717, 1.165) is 25.3 Å². The van der Waals surface area contributed by atoms with Crippen molar-refractivity contribution in [1.82, 2.24) is 20.0 Å². The molecule has 3 heterocycles. The minimum Gasteiger partial charge on any atom is -0.361 e. The largest absolute Gasteiger partial charge is 0.361 e. The molecule has 1 fully saturated rings. The molecule has 2 atom stereocenters. The molecule has 0 aromatic carbocycles. The third-order valence-corrected chi connectivity index (χ3v) is 5.27. The third-order valence-electron chi connectivity index (χ3n) is 5.27. The first kappa shape index (κ1) is 15.3. The summed E-state index contributed by atoms with van der Waals surface area (Å²) in [6, 6.07) is 0. The second kappa shape index (κ2) is 5.40. The molecule has 2 aliphatic rings. The molecule has 0 bridgehead atoms. The van der Waals surface area contributed by atoms with Crippen LogP contribution in [0.1, 0.15) is 64.6 Å². The average molecular weight is 326 g/mol. The Hall–Kier alpha value is -2.24. The van der Waals surface area contributed by atoms with Crippen molar-refractivity contribution < 1.29 is 9.32 Å². The molecule has 1 aliphatic carbocycles. The summed E-state index contributed by atoms with van der Waals surface area (Å²) in [7, 11) is 0. The fourth-order valence-corrected chi connectivity index (χ4v) is 3.98. The number of amides is 1. The molecule has 24 heavy (non-hydrogen) atoms. The Kier molecular flexibility index (Phi) is 3.44. The van der Waals surface area contributed by atoms with Gasteiger partial charge in [-0.2, -0.15) is 0 Å². The molecule has 0 radical (unpaired) electrons. The van der Waals surface area contributed by atoms with E-state index in [9.17, 15) is 4.79 Å². The van der Waals surface area contributed by atoms with Crippen molar-refractivity contribution in [2.24, 2.45) is 5.92 Å². The van der Waals surface area contributed by atoms with Gasteiger partial charge in [0.25, 0.3) is 5.91 Å². The summed E-state index contributed by atoms with van der Waals surface area (Å²) in [6.07, 6.45) is 2.92. The highest BCUT2D eigenvalue weighted by Crippen LogP contribution is 2.42. The molecular formula is C18H22N4O2. The van der Waals surface area contributed by atoms with E-state index >= 15 is 0 Å². The van der Waals surface area contributed by atoms with Crippen LogP contribution in [0.4, 0.5) is 0 Å². The number of carbonyl (C=O) groups is 1. The van der Waals surface area contributed by atoms with Crippen LogP contribution in [0.2, 0.25) is 0 Å². The molecule has 2 aromatic heterocycles. The summed E-state index contributed by atoms with van der Waals surface area (Å²) in [6.45, 7) is 9.33. The van der Waals surface area contributed by atoms with Crippen molar-refractivity contribution in [1.29, 1.82) is 0 Å². The molecule has 0 unspecified atom stereocenters. The van der Waals surface area contributed by atoms with Crippen LogP contribution < -0.4 is 0 Å². The molecule has 4 rings (SSSR count). The first-order valence-electron chi connectivity index (χ1n) is 8.53. The maximum atomic E-state index is 12.8. The lowest BCUT2D eigenvalue weighted by atomic mass is 9.97. The summed E-state index contributed by atoms with van der Waals surface area (Å²) >= 11 is 0. The fourth-order valence-electron chi connectivity index (χ4n) is 3.98. The summed E-state index contributed by atoms with van der Waals surface area (Å²) in [4.78, 5) is 24.0. The normalized spacial score (nSPS) is 22.1. The van der Waals surface area contributed by atoms with Crippen LogP contribution in [-0.2, 0) is 6.42 Å². The van der Waals surface area contributed by atoms with Gasteiger partial charge in [0.05, 0.1) is 5.69 Å². The minimum atomic E-state index is 0.0296. The average Bonchev–Trinajstić information content (AvgIpc) is 3.18. The molecule has 1 aliphatic heterocycles. The third kappa shape index (κ3) is 2.24. The van der Waals surface area contributed by atoms with Crippen LogP contribution >= 0.6 is 0 Å². The number of rotatable bonds is 2. The van der Waals surface area contributed by atoms with Crippen molar-refractivity contribution >= 4 is 5.91 Å². The maximum Gasteiger partial charge on any atom is 0.259 e. The molecule has 0 saturated carbocycles. The van der Waals surface area contributed by atoms with E-state index in [4.69, 9.17) is 9.51 Å². The van der Waals surface area contributed by atoms with Crippen molar-refractivity contribution in [3.63, 3.8) is 0 Å². The Morgan fingerprint density at radius 1 is 1.33 bits per heavy atom. The highest BCUT2D eigenvalue weighted by Gasteiger charge is 2.43. The predicted molar refractivity (Wildman–Crippen MR) is 87.9 cm³/mol. The number of fused-ring (bicyclic) bond motifs is 3. The van der Waals surface area contributed by atoms with E-state index in [1.54, 1.807) is 6.92 Å². The lowest BCUT2D eigenvalue weighted by molar-refractivity contribution is 0.0782. The number of likely N-dealkylation sites (tertiary alicyclic amines) is 1. The Morgan fingerprint density at radius 3 is 2.79 bits per heavy atom. The van der Waals surface area contributed by atoms with Gasteiger partial charge in [0.2, 0.25) is 0 Å². The van der Waals surface area contributed by atoms with Gasteiger partial charge in [-0.25, -0.2) is 9.97 Å². The Labute approximate surface area is 141 Å². The van der Waals surface area contributed by atoms with Crippen molar-refractivity contribution in [2.75, 3.05) is 13.1 Å². The lowest BCUT2D eigenvalue weighted by Gasteiger charge is -2.17. The van der Waals surface area contributed by atoms with Gasteiger partial charge in [0, 0.05) is 36.8 Å². The second-order valence-electron chi connectivity index (χ2n) is 7.26. The van der Waals surface area contributed by atoms with E-state index in [-0.39, 0.29) is 5.91 Å². The van der Waals surface area contributed by atoms with Crippen molar-refractivity contribution in [3.8, 4) is 0 Å². The summed E-state index contributed by atoms with van der Waals surface area (Å²) in [5.41, 5.74) is 3.67. The first-order chi connectivity index (χ1) is 11.5. The van der Waals surface area contributed by atoms with Crippen molar-refractivity contribution in [2.45, 2.75) is 46.0 Å². The number of carbonyl (C=O) groups excluding carboxylic acids is 1. The molecule has 126 valence electrons. The van der Waals surface area contributed by atoms with E-state index < -0.39 is 0 Å².